The topological polar surface area (TPSA) is 81.3 Å². The summed E-state index contributed by atoms with van der Waals surface area (Å²) in [6.45, 7) is 3.25. The van der Waals surface area contributed by atoms with Gasteiger partial charge < -0.3 is 9.47 Å². The second kappa shape index (κ2) is 7.23. The minimum atomic E-state index is -0.576. The Balaban J connectivity index is 1.95. The average Bonchev–Trinajstić information content (AvgIpc) is 2.91. The van der Waals surface area contributed by atoms with Crippen LogP contribution in [0.25, 0.3) is 0 Å². The first-order valence-electron chi connectivity index (χ1n) is 7.07. The Labute approximate surface area is 138 Å². The molecular weight excluding hydrogens is 320 g/mol. The molecule has 0 N–H and O–H groups in total. The molecule has 8 heteroatoms. The Morgan fingerprint density at radius 3 is 2.78 bits per heavy atom. The summed E-state index contributed by atoms with van der Waals surface area (Å²) in [5, 5.41) is 10.7. The van der Waals surface area contributed by atoms with Gasteiger partial charge in [0.05, 0.1) is 4.92 Å². The summed E-state index contributed by atoms with van der Waals surface area (Å²) >= 11 is 5.84. The fraction of sp³-hybridized carbons (Fsp3) is 0.333. The third-order valence-electron chi connectivity index (χ3n) is 3.55. The fourth-order valence-electron chi connectivity index (χ4n) is 2.23. The molecule has 0 aliphatic rings. The van der Waals surface area contributed by atoms with Gasteiger partial charge in [0.1, 0.15) is 10.8 Å². The van der Waals surface area contributed by atoms with Gasteiger partial charge in [0.15, 0.2) is 0 Å². The molecule has 0 aliphatic carbocycles. The van der Waals surface area contributed by atoms with Crippen LogP contribution in [0.1, 0.15) is 22.6 Å². The van der Waals surface area contributed by atoms with Crippen LogP contribution in [0.2, 0.25) is 5.02 Å². The molecule has 0 fully saturated rings. The summed E-state index contributed by atoms with van der Waals surface area (Å²) in [6, 6.07) is 4.00. The molecule has 122 valence electrons. The standard InChI is InChI=1S/C15H17ClN4O3/c1-11-17-6-9-19(11)8-3-7-18(2)15(21)12-4-5-14(20(22)23)13(16)10-12/h4-6,9-10H,3,7-8H2,1-2H3. The number of amides is 1. The van der Waals surface area contributed by atoms with E-state index < -0.39 is 4.92 Å². The van der Waals surface area contributed by atoms with E-state index in [-0.39, 0.29) is 16.6 Å². The number of halogens is 1. The Morgan fingerprint density at radius 2 is 2.22 bits per heavy atom. The molecule has 0 aliphatic heterocycles. The van der Waals surface area contributed by atoms with Crippen molar-refractivity contribution in [3.63, 3.8) is 0 Å². The van der Waals surface area contributed by atoms with Crippen molar-refractivity contribution in [1.82, 2.24) is 14.5 Å². The predicted octanol–water partition coefficient (Wildman–Crippen LogP) is 2.92. The number of imidazole rings is 1. The molecule has 0 saturated carbocycles. The fourth-order valence-corrected chi connectivity index (χ4v) is 2.48. The van der Waals surface area contributed by atoms with Gasteiger partial charge >= 0.3 is 0 Å². The van der Waals surface area contributed by atoms with Crippen LogP contribution in [0.5, 0.6) is 0 Å². The highest BCUT2D eigenvalue weighted by molar-refractivity contribution is 6.33. The Hall–Kier alpha value is -2.41. The SMILES string of the molecule is Cc1nccn1CCCN(C)C(=O)c1ccc([N+](=O)[O-])c(Cl)c1. The smallest absolute Gasteiger partial charge is 0.287 e. The van der Waals surface area contributed by atoms with Gasteiger partial charge in [0, 0.05) is 44.2 Å². The third-order valence-corrected chi connectivity index (χ3v) is 3.86. The largest absolute Gasteiger partial charge is 0.342 e. The normalized spacial score (nSPS) is 10.6. The second-order valence-corrected chi connectivity index (χ2v) is 5.58. The monoisotopic (exact) mass is 336 g/mol. The summed E-state index contributed by atoms with van der Waals surface area (Å²) < 4.78 is 2.01. The Bertz CT molecular complexity index is 729. The van der Waals surface area contributed by atoms with Gasteiger partial charge in [-0.05, 0) is 25.5 Å². The molecule has 2 rings (SSSR count). The van der Waals surface area contributed by atoms with E-state index in [2.05, 4.69) is 4.98 Å². The Kier molecular flexibility index (Phi) is 5.33. The molecule has 0 bridgehead atoms. The van der Waals surface area contributed by atoms with Crippen LogP contribution in [0.15, 0.2) is 30.6 Å². The third kappa shape index (κ3) is 4.07. The van der Waals surface area contributed by atoms with E-state index in [4.69, 9.17) is 11.6 Å². The average molecular weight is 337 g/mol. The van der Waals surface area contributed by atoms with Gasteiger partial charge in [-0.15, -0.1) is 0 Å². The van der Waals surface area contributed by atoms with E-state index in [0.29, 0.717) is 12.1 Å². The number of nitrogens with zero attached hydrogens (tertiary/aromatic N) is 4. The zero-order valence-electron chi connectivity index (χ0n) is 12.9. The van der Waals surface area contributed by atoms with Crippen LogP contribution in [0.3, 0.4) is 0 Å². The first kappa shape index (κ1) is 17.0. The van der Waals surface area contributed by atoms with Crippen molar-refractivity contribution in [2.24, 2.45) is 0 Å². The van der Waals surface area contributed by atoms with E-state index >= 15 is 0 Å². The van der Waals surface area contributed by atoms with Crippen LogP contribution in [0.4, 0.5) is 5.69 Å². The van der Waals surface area contributed by atoms with E-state index in [1.807, 2.05) is 17.7 Å². The summed E-state index contributed by atoms with van der Waals surface area (Å²) in [6.07, 6.45) is 4.41. The zero-order chi connectivity index (χ0) is 17.0. The molecule has 1 aromatic carbocycles. The van der Waals surface area contributed by atoms with Crippen molar-refractivity contribution in [2.45, 2.75) is 19.9 Å². The summed E-state index contributed by atoms with van der Waals surface area (Å²) in [7, 11) is 1.69. The van der Waals surface area contributed by atoms with Crippen molar-refractivity contribution in [1.29, 1.82) is 0 Å². The van der Waals surface area contributed by atoms with Crippen molar-refractivity contribution in [3.05, 3.63) is 57.1 Å². The molecule has 2 aromatic rings. The lowest BCUT2D eigenvalue weighted by Gasteiger charge is -2.17. The highest BCUT2D eigenvalue weighted by atomic mass is 35.5. The molecule has 1 aromatic heterocycles. The van der Waals surface area contributed by atoms with Gasteiger partial charge in [-0.1, -0.05) is 11.6 Å². The number of hydrogen-bond acceptors (Lipinski definition) is 4. The van der Waals surface area contributed by atoms with Crippen LogP contribution >= 0.6 is 11.6 Å². The minimum absolute atomic E-state index is 0.0386. The number of carbonyl (C=O) groups excluding carboxylic acids is 1. The molecule has 1 amide bonds. The lowest BCUT2D eigenvalue weighted by Crippen LogP contribution is -2.28. The van der Waals surface area contributed by atoms with E-state index in [1.165, 1.54) is 18.2 Å². The van der Waals surface area contributed by atoms with Crippen molar-refractivity contribution in [2.75, 3.05) is 13.6 Å². The van der Waals surface area contributed by atoms with Crippen LogP contribution in [-0.4, -0.2) is 38.9 Å². The lowest BCUT2D eigenvalue weighted by molar-refractivity contribution is -0.384. The minimum Gasteiger partial charge on any atom is -0.342 e. The van der Waals surface area contributed by atoms with Crippen molar-refractivity contribution < 1.29 is 9.72 Å². The highest BCUT2D eigenvalue weighted by Gasteiger charge is 2.17. The number of aryl methyl sites for hydroxylation is 2. The molecule has 0 unspecified atom stereocenters. The van der Waals surface area contributed by atoms with Crippen LogP contribution in [-0.2, 0) is 6.54 Å². The molecule has 0 radical (unpaired) electrons. The number of benzene rings is 1. The highest BCUT2D eigenvalue weighted by Crippen LogP contribution is 2.25. The maximum Gasteiger partial charge on any atom is 0.287 e. The quantitative estimate of drug-likeness (QED) is 0.600. The van der Waals surface area contributed by atoms with Gasteiger partial charge in [-0.25, -0.2) is 4.98 Å². The number of hydrogen-bond donors (Lipinski definition) is 0. The van der Waals surface area contributed by atoms with Crippen LogP contribution < -0.4 is 0 Å². The van der Waals surface area contributed by atoms with E-state index in [1.54, 1.807) is 18.1 Å². The molecule has 23 heavy (non-hydrogen) atoms. The van der Waals surface area contributed by atoms with Crippen molar-refractivity contribution in [3.8, 4) is 0 Å². The molecule has 0 spiro atoms. The number of carbonyl (C=O) groups is 1. The number of rotatable bonds is 6. The molecule has 0 saturated heterocycles. The van der Waals surface area contributed by atoms with Gasteiger partial charge in [0.2, 0.25) is 0 Å². The second-order valence-electron chi connectivity index (χ2n) is 5.17. The maximum absolute atomic E-state index is 12.3. The van der Waals surface area contributed by atoms with Crippen LogP contribution in [0, 0.1) is 17.0 Å². The van der Waals surface area contributed by atoms with Gasteiger partial charge in [-0.3, -0.25) is 14.9 Å². The van der Waals surface area contributed by atoms with Crippen molar-refractivity contribution >= 4 is 23.2 Å². The predicted molar refractivity (Wildman–Crippen MR) is 86.6 cm³/mol. The Morgan fingerprint density at radius 1 is 1.48 bits per heavy atom. The van der Waals surface area contributed by atoms with Gasteiger partial charge in [0.25, 0.3) is 11.6 Å². The molecule has 0 atom stereocenters. The number of nitro benzene ring substituents is 1. The van der Waals surface area contributed by atoms with Gasteiger partial charge in [-0.2, -0.15) is 0 Å². The van der Waals surface area contributed by atoms with E-state index in [0.717, 1.165) is 18.8 Å². The first-order valence-corrected chi connectivity index (χ1v) is 7.45. The molecule has 1 heterocycles. The first-order chi connectivity index (χ1) is 10.9. The summed E-state index contributed by atoms with van der Waals surface area (Å²) in [5.74, 6) is 0.713. The maximum atomic E-state index is 12.3. The zero-order valence-corrected chi connectivity index (χ0v) is 13.7. The number of nitro groups is 1. The number of aromatic nitrogens is 2. The lowest BCUT2D eigenvalue weighted by atomic mass is 10.2. The summed E-state index contributed by atoms with van der Waals surface area (Å²) in [4.78, 5) is 28.2. The van der Waals surface area contributed by atoms with E-state index in [9.17, 15) is 14.9 Å². The molecular formula is C15H17ClN4O3. The molecule has 7 nitrogen and oxygen atoms in total. The summed E-state index contributed by atoms with van der Waals surface area (Å²) in [5.41, 5.74) is 0.128.